The maximum atomic E-state index is 5.83. The topological polar surface area (TPSA) is 25.4 Å². The number of piperidine rings is 1. The van der Waals surface area contributed by atoms with Gasteiger partial charge in [-0.3, -0.25) is 4.98 Å². The summed E-state index contributed by atoms with van der Waals surface area (Å²) in [6.07, 6.45) is 4.52. The molecule has 2 heterocycles. The molecule has 1 aliphatic rings. The van der Waals surface area contributed by atoms with Crippen LogP contribution < -0.4 is 0 Å². The predicted octanol–water partition coefficient (Wildman–Crippen LogP) is 1.69. The van der Waals surface area contributed by atoms with Gasteiger partial charge in [0.05, 0.1) is 18.4 Å². The van der Waals surface area contributed by atoms with E-state index in [2.05, 4.69) is 16.9 Å². The van der Waals surface area contributed by atoms with Crippen molar-refractivity contribution >= 4 is 0 Å². The van der Waals surface area contributed by atoms with Crippen LogP contribution in [0.2, 0.25) is 0 Å². The predicted molar refractivity (Wildman–Crippen MR) is 59.5 cm³/mol. The van der Waals surface area contributed by atoms with Crippen molar-refractivity contribution in [3.63, 3.8) is 0 Å². The van der Waals surface area contributed by atoms with Gasteiger partial charge in [-0.1, -0.05) is 6.07 Å². The molecule has 0 aromatic carbocycles. The van der Waals surface area contributed by atoms with Crippen molar-refractivity contribution in [3.8, 4) is 0 Å². The van der Waals surface area contributed by atoms with Gasteiger partial charge in [0.1, 0.15) is 0 Å². The number of aromatic nitrogens is 1. The number of rotatable bonds is 3. The molecule has 0 N–H and O–H groups in total. The van der Waals surface area contributed by atoms with Gasteiger partial charge in [-0.25, -0.2) is 0 Å². The molecular weight excluding hydrogens is 188 g/mol. The summed E-state index contributed by atoms with van der Waals surface area (Å²) >= 11 is 0. The molecule has 0 atom stereocenters. The minimum absolute atomic E-state index is 0.420. The minimum Gasteiger partial charge on any atom is -0.372 e. The quantitative estimate of drug-likeness (QED) is 0.752. The fourth-order valence-electron chi connectivity index (χ4n) is 1.84. The summed E-state index contributed by atoms with van der Waals surface area (Å²) in [5, 5.41) is 0. The minimum atomic E-state index is 0.420. The summed E-state index contributed by atoms with van der Waals surface area (Å²) in [7, 11) is 2.16. The Morgan fingerprint density at radius 3 is 2.87 bits per heavy atom. The maximum absolute atomic E-state index is 5.83. The van der Waals surface area contributed by atoms with Crippen molar-refractivity contribution < 1.29 is 4.74 Å². The molecule has 3 heteroatoms. The number of hydrogen-bond donors (Lipinski definition) is 0. The Hall–Kier alpha value is -0.930. The summed E-state index contributed by atoms with van der Waals surface area (Å²) in [4.78, 5) is 6.59. The Morgan fingerprint density at radius 2 is 2.20 bits per heavy atom. The van der Waals surface area contributed by atoms with E-state index in [4.69, 9.17) is 4.74 Å². The highest BCUT2D eigenvalue weighted by atomic mass is 16.5. The summed E-state index contributed by atoms with van der Waals surface area (Å²) in [6, 6.07) is 5.94. The second-order valence-electron chi connectivity index (χ2n) is 4.13. The van der Waals surface area contributed by atoms with Crippen LogP contribution in [0.25, 0.3) is 0 Å². The molecule has 1 aromatic rings. The lowest BCUT2D eigenvalue weighted by molar-refractivity contribution is 0.000757. The molecule has 1 fully saturated rings. The monoisotopic (exact) mass is 206 g/mol. The van der Waals surface area contributed by atoms with Crippen LogP contribution in [0.5, 0.6) is 0 Å². The Bertz CT molecular complexity index is 281. The fourth-order valence-corrected chi connectivity index (χ4v) is 1.84. The number of hydrogen-bond acceptors (Lipinski definition) is 3. The molecule has 3 nitrogen and oxygen atoms in total. The molecule has 0 radical (unpaired) electrons. The van der Waals surface area contributed by atoms with Gasteiger partial charge in [-0.2, -0.15) is 0 Å². The van der Waals surface area contributed by atoms with E-state index in [0.29, 0.717) is 12.7 Å². The summed E-state index contributed by atoms with van der Waals surface area (Å²) in [6.45, 7) is 2.94. The number of ether oxygens (including phenoxy) is 1. The number of nitrogens with zero attached hydrogens (tertiary/aromatic N) is 2. The third kappa shape index (κ3) is 3.29. The molecule has 15 heavy (non-hydrogen) atoms. The smallest absolute Gasteiger partial charge is 0.0891 e. The van der Waals surface area contributed by atoms with Crippen LogP contribution in [0.1, 0.15) is 18.5 Å². The maximum Gasteiger partial charge on any atom is 0.0891 e. The van der Waals surface area contributed by atoms with Crippen LogP contribution in [0.15, 0.2) is 24.4 Å². The average molecular weight is 206 g/mol. The van der Waals surface area contributed by atoms with E-state index >= 15 is 0 Å². The van der Waals surface area contributed by atoms with Crippen molar-refractivity contribution in [2.45, 2.75) is 25.6 Å². The Kier molecular flexibility index (Phi) is 3.69. The largest absolute Gasteiger partial charge is 0.372 e. The third-order valence-electron chi connectivity index (χ3n) is 2.86. The molecule has 0 unspecified atom stereocenters. The molecular formula is C12H18N2O. The molecule has 0 amide bonds. The van der Waals surface area contributed by atoms with Crippen molar-refractivity contribution in [3.05, 3.63) is 30.1 Å². The second-order valence-corrected chi connectivity index (χ2v) is 4.13. The van der Waals surface area contributed by atoms with Gasteiger partial charge in [-0.15, -0.1) is 0 Å². The molecule has 2 rings (SSSR count). The first kappa shape index (κ1) is 10.6. The molecule has 0 aliphatic carbocycles. The van der Waals surface area contributed by atoms with Crippen molar-refractivity contribution in [2.24, 2.45) is 0 Å². The van der Waals surface area contributed by atoms with Crippen LogP contribution in [0.4, 0.5) is 0 Å². The van der Waals surface area contributed by atoms with Gasteiger partial charge < -0.3 is 9.64 Å². The van der Waals surface area contributed by atoms with E-state index in [0.717, 1.165) is 31.6 Å². The molecule has 0 spiro atoms. The van der Waals surface area contributed by atoms with Crippen LogP contribution in [-0.4, -0.2) is 36.1 Å². The molecule has 82 valence electrons. The van der Waals surface area contributed by atoms with E-state index in [-0.39, 0.29) is 0 Å². The molecule has 0 bridgehead atoms. The lowest BCUT2D eigenvalue weighted by Gasteiger charge is -2.28. The zero-order valence-corrected chi connectivity index (χ0v) is 9.22. The Labute approximate surface area is 91.1 Å². The number of pyridine rings is 1. The summed E-state index contributed by atoms with van der Waals surface area (Å²) in [5.41, 5.74) is 1.02. The van der Waals surface area contributed by atoms with Crippen molar-refractivity contribution in [1.29, 1.82) is 0 Å². The highest BCUT2D eigenvalue weighted by Crippen LogP contribution is 2.13. The molecule has 0 saturated carbocycles. The van der Waals surface area contributed by atoms with E-state index < -0.39 is 0 Å². The van der Waals surface area contributed by atoms with Gasteiger partial charge >= 0.3 is 0 Å². The standard InChI is InChI=1S/C12H18N2O/c1-14-8-5-12(6-9-14)15-10-11-4-2-3-7-13-11/h2-4,7,12H,5-6,8-10H2,1H3. The van der Waals surface area contributed by atoms with Gasteiger partial charge in [0.2, 0.25) is 0 Å². The number of likely N-dealkylation sites (tertiary alicyclic amines) is 1. The zero-order chi connectivity index (χ0) is 10.5. The van der Waals surface area contributed by atoms with Gasteiger partial charge in [0, 0.05) is 19.3 Å². The second kappa shape index (κ2) is 5.24. The highest BCUT2D eigenvalue weighted by Gasteiger charge is 2.16. The third-order valence-corrected chi connectivity index (χ3v) is 2.86. The van der Waals surface area contributed by atoms with E-state index in [1.165, 1.54) is 0 Å². The average Bonchev–Trinajstić information content (AvgIpc) is 2.30. The summed E-state index contributed by atoms with van der Waals surface area (Å²) in [5.74, 6) is 0. The Morgan fingerprint density at radius 1 is 1.40 bits per heavy atom. The molecule has 1 aromatic heterocycles. The zero-order valence-electron chi connectivity index (χ0n) is 9.22. The normalized spacial score (nSPS) is 19.3. The first-order valence-electron chi connectivity index (χ1n) is 5.54. The Balaban J connectivity index is 1.74. The first-order valence-corrected chi connectivity index (χ1v) is 5.54. The molecule has 1 aliphatic heterocycles. The van der Waals surface area contributed by atoms with Crippen molar-refractivity contribution in [1.82, 2.24) is 9.88 Å². The van der Waals surface area contributed by atoms with E-state index in [9.17, 15) is 0 Å². The van der Waals surface area contributed by atoms with E-state index in [1.807, 2.05) is 24.4 Å². The first-order chi connectivity index (χ1) is 7.34. The lowest BCUT2D eigenvalue weighted by atomic mass is 10.1. The van der Waals surface area contributed by atoms with Crippen molar-refractivity contribution in [2.75, 3.05) is 20.1 Å². The summed E-state index contributed by atoms with van der Waals surface area (Å²) < 4.78 is 5.83. The van der Waals surface area contributed by atoms with Crippen LogP contribution in [0.3, 0.4) is 0 Å². The van der Waals surface area contributed by atoms with Crippen LogP contribution >= 0.6 is 0 Å². The van der Waals surface area contributed by atoms with E-state index in [1.54, 1.807) is 0 Å². The lowest BCUT2D eigenvalue weighted by Crippen LogP contribution is -2.34. The van der Waals surface area contributed by atoms with Gasteiger partial charge in [0.15, 0.2) is 0 Å². The van der Waals surface area contributed by atoms with Gasteiger partial charge in [-0.05, 0) is 32.0 Å². The van der Waals surface area contributed by atoms with Gasteiger partial charge in [0.25, 0.3) is 0 Å². The fraction of sp³-hybridized carbons (Fsp3) is 0.583. The SMILES string of the molecule is CN1CCC(OCc2ccccn2)CC1. The van der Waals surface area contributed by atoms with Crippen LogP contribution in [0, 0.1) is 0 Å². The molecule has 1 saturated heterocycles. The highest BCUT2D eigenvalue weighted by molar-refractivity contribution is 5.01. The van der Waals surface area contributed by atoms with Crippen LogP contribution in [-0.2, 0) is 11.3 Å².